The lowest BCUT2D eigenvalue weighted by Gasteiger charge is -2.39. The number of nitrogens with zero attached hydrogens (tertiary/aromatic N) is 1. The van der Waals surface area contributed by atoms with Gasteiger partial charge in [-0.25, -0.2) is 4.39 Å². The summed E-state index contributed by atoms with van der Waals surface area (Å²) in [7, 11) is 0. The van der Waals surface area contributed by atoms with Crippen LogP contribution < -0.4 is 0 Å². The van der Waals surface area contributed by atoms with Crippen molar-refractivity contribution >= 4 is 23.5 Å². The fourth-order valence-corrected chi connectivity index (χ4v) is 2.94. The van der Waals surface area contributed by atoms with E-state index in [4.69, 9.17) is 11.6 Å². The molecule has 21 heavy (non-hydrogen) atoms. The summed E-state index contributed by atoms with van der Waals surface area (Å²) >= 11 is 5.67. The molecule has 1 fully saturated rings. The van der Waals surface area contributed by atoms with Gasteiger partial charge in [0.1, 0.15) is 5.82 Å². The van der Waals surface area contributed by atoms with Crippen LogP contribution in [0.1, 0.15) is 37.8 Å². The fourth-order valence-electron chi connectivity index (χ4n) is 2.82. The highest BCUT2D eigenvalue weighted by Gasteiger charge is 2.40. The van der Waals surface area contributed by atoms with Crippen LogP contribution in [0, 0.1) is 11.7 Å². The first-order valence-corrected chi connectivity index (χ1v) is 7.30. The highest BCUT2D eigenvalue weighted by molar-refractivity contribution is 6.30. The Labute approximate surface area is 127 Å². The molecule has 2 rings (SSSR count). The molecule has 0 aromatic heterocycles. The molecule has 0 spiro atoms. The predicted molar refractivity (Wildman–Crippen MR) is 76.5 cm³/mol. The Balaban J connectivity index is 2.45. The van der Waals surface area contributed by atoms with Crippen LogP contribution in [0.5, 0.6) is 0 Å². The van der Waals surface area contributed by atoms with E-state index in [1.165, 1.54) is 12.1 Å². The second-order valence-electron chi connectivity index (χ2n) is 5.19. The molecule has 0 bridgehead atoms. The minimum absolute atomic E-state index is 0.0187. The molecule has 114 valence electrons. The first kappa shape index (κ1) is 15.8. The van der Waals surface area contributed by atoms with Crippen LogP contribution in [0.25, 0.3) is 0 Å². The van der Waals surface area contributed by atoms with Crippen LogP contribution in [0.3, 0.4) is 0 Å². The van der Waals surface area contributed by atoms with E-state index in [1.54, 1.807) is 11.0 Å². The molecule has 6 heteroatoms. The number of benzene rings is 1. The molecule has 1 aliphatic heterocycles. The van der Waals surface area contributed by atoms with Crippen LogP contribution >= 0.6 is 11.6 Å². The Hall–Kier alpha value is -1.62. The molecule has 1 aliphatic rings. The van der Waals surface area contributed by atoms with Gasteiger partial charge in [0.2, 0.25) is 5.91 Å². The van der Waals surface area contributed by atoms with Gasteiger partial charge in [-0.2, -0.15) is 0 Å². The Morgan fingerprint density at radius 2 is 2.24 bits per heavy atom. The summed E-state index contributed by atoms with van der Waals surface area (Å²) in [5.74, 6) is -2.39. The summed E-state index contributed by atoms with van der Waals surface area (Å²) < 4.78 is 13.7. The van der Waals surface area contributed by atoms with Gasteiger partial charge in [-0.05, 0) is 30.5 Å². The number of carboxylic acids is 1. The molecule has 4 nitrogen and oxygen atoms in total. The third kappa shape index (κ3) is 3.18. The van der Waals surface area contributed by atoms with Gasteiger partial charge in [0.05, 0.1) is 17.0 Å². The van der Waals surface area contributed by atoms with Crippen molar-refractivity contribution in [2.24, 2.45) is 5.92 Å². The average Bonchev–Trinajstić information content (AvgIpc) is 2.44. The number of piperidine rings is 1. The number of carbonyl (C=O) groups excluding carboxylic acids is 1. The lowest BCUT2D eigenvalue weighted by Crippen LogP contribution is -2.45. The van der Waals surface area contributed by atoms with E-state index in [0.29, 0.717) is 18.5 Å². The molecule has 1 saturated heterocycles. The van der Waals surface area contributed by atoms with E-state index >= 15 is 0 Å². The maximum Gasteiger partial charge on any atom is 0.308 e. The van der Waals surface area contributed by atoms with Gasteiger partial charge in [-0.1, -0.05) is 24.6 Å². The molecule has 1 N–H and O–H groups in total. The first-order chi connectivity index (χ1) is 9.95. The largest absolute Gasteiger partial charge is 0.481 e. The van der Waals surface area contributed by atoms with Crippen molar-refractivity contribution < 1.29 is 19.1 Å². The molecule has 1 aromatic carbocycles. The molecule has 2 atom stereocenters. The number of likely N-dealkylation sites (tertiary alicyclic amines) is 1. The van der Waals surface area contributed by atoms with E-state index in [1.807, 2.05) is 6.92 Å². The molecule has 1 aromatic rings. The minimum atomic E-state index is -0.969. The first-order valence-electron chi connectivity index (χ1n) is 6.93. The summed E-state index contributed by atoms with van der Waals surface area (Å²) in [6.45, 7) is 2.37. The monoisotopic (exact) mass is 313 g/mol. The van der Waals surface area contributed by atoms with E-state index in [-0.39, 0.29) is 23.8 Å². The number of carboxylic acid groups (broad SMARTS) is 1. The summed E-state index contributed by atoms with van der Waals surface area (Å²) in [5.41, 5.74) is 0.478. The van der Waals surface area contributed by atoms with Gasteiger partial charge in [-0.3, -0.25) is 9.59 Å². The van der Waals surface area contributed by atoms with Crippen LogP contribution in [-0.2, 0) is 9.59 Å². The maximum absolute atomic E-state index is 13.7. The highest BCUT2D eigenvalue weighted by Crippen LogP contribution is 2.37. The number of halogens is 2. The molecule has 1 heterocycles. The van der Waals surface area contributed by atoms with Crippen molar-refractivity contribution in [2.45, 2.75) is 32.2 Å². The Morgan fingerprint density at radius 3 is 2.81 bits per heavy atom. The number of carbonyl (C=O) groups is 2. The minimum Gasteiger partial charge on any atom is -0.481 e. The third-order valence-corrected chi connectivity index (χ3v) is 4.08. The second kappa shape index (κ2) is 6.43. The van der Waals surface area contributed by atoms with Crippen molar-refractivity contribution in [3.8, 4) is 0 Å². The van der Waals surface area contributed by atoms with Crippen molar-refractivity contribution in [1.29, 1.82) is 0 Å². The summed E-state index contributed by atoms with van der Waals surface area (Å²) in [5, 5.41) is 9.39. The number of rotatable bonds is 4. The predicted octanol–water partition coefficient (Wildman–Crippen LogP) is 3.25. The molecule has 2 unspecified atom stereocenters. The summed E-state index contributed by atoms with van der Waals surface area (Å²) in [6.07, 6.45) is 1.19. The van der Waals surface area contributed by atoms with Crippen LogP contribution in [0.4, 0.5) is 4.39 Å². The third-order valence-electron chi connectivity index (χ3n) is 3.77. The lowest BCUT2D eigenvalue weighted by molar-refractivity contribution is -0.152. The number of hydrogen-bond acceptors (Lipinski definition) is 2. The zero-order valence-corrected chi connectivity index (χ0v) is 12.4. The van der Waals surface area contributed by atoms with Crippen LogP contribution in [0.15, 0.2) is 18.2 Å². The van der Waals surface area contributed by atoms with Crippen molar-refractivity contribution in [2.75, 3.05) is 6.54 Å². The standard InChI is InChI=1S/C15H17ClFNO3/c1-2-7-18-13(19)6-4-10(15(20)21)14(18)9-3-5-11(16)12(17)8-9/h3,5,8,10,14H,2,4,6-7H2,1H3,(H,20,21). The van der Waals surface area contributed by atoms with Crippen LogP contribution in [0.2, 0.25) is 5.02 Å². The van der Waals surface area contributed by atoms with E-state index < -0.39 is 23.7 Å². The van der Waals surface area contributed by atoms with Crippen molar-refractivity contribution in [1.82, 2.24) is 4.90 Å². The van der Waals surface area contributed by atoms with Gasteiger partial charge in [0, 0.05) is 13.0 Å². The van der Waals surface area contributed by atoms with Gasteiger partial charge in [-0.15, -0.1) is 0 Å². The SMILES string of the molecule is CCCN1C(=O)CCC(C(=O)O)C1c1ccc(Cl)c(F)c1. The summed E-state index contributed by atoms with van der Waals surface area (Å²) in [6, 6.07) is 3.57. The smallest absolute Gasteiger partial charge is 0.308 e. The Kier molecular flexibility index (Phi) is 4.83. The maximum atomic E-state index is 13.7. The average molecular weight is 314 g/mol. The second-order valence-corrected chi connectivity index (χ2v) is 5.60. The molecule has 0 radical (unpaired) electrons. The van der Waals surface area contributed by atoms with E-state index in [0.717, 1.165) is 0 Å². The molecular formula is C15H17ClFNO3. The molecule has 1 amide bonds. The number of hydrogen-bond donors (Lipinski definition) is 1. The molecule has 0 aliphatic carbocycles. The quantitative estimate of drug-likeness (QED) is 0.928. The van der Waals surface area contributed by atoms with Crippen molar-refractivity contribution in [3.63, 3.8) is 0 Å². The number of amides is 1. The van der Waals surface area contributed by atoms with Gasteiger partial charge in [0.15, 0.2) is 0 Å². The zero-order valence-electron chi connectivity index (χ0n) is 11.7. The molecular weight excluding hydrogens is 297 g/mol. The van der Waals surface area contributed by atoms with E-state index in [2.05, 4.69) is 0 Å². The highest BCUT2D eigenvalue weighted by atomic mass is 35.5. The van der Waals surface area contributed by atoms with Gasteiger partial charge >= 0.3 is 5.97 Å². The van der Waals surface area contributed by atoms with Crippen molar-refractivity contribution in [3.05, 3.63) is 34.6 Å². The zero-order chi connectivity index (χ0) is 15.6. The summed E-state index contributed by atoms with van der Waals surface area (Å²) in [4.78, 5) is 25.1. The molecule has 0 saturated carbocycles. The van der Waals surface area contributed by atoms with Gasteiger partial charge in [0.25, 0.3) is 0 Å². The topological polar surface area (TPSA) is 57.6 Å². The van der Waals surface area contributed by atoms with Gasteiger partial charge < -0.3 is 10.0 Å². The lowest BCUT2D eigenvalue weighted by atomic mass is 9.84. The Morgan fingerprint density at radius 1 is 1.52 bits per heavy atom. The number of aliphatic carboxylic acids is 1. The Bertz CT molecular complexity index is 564. The fraction of sp³-hybridized carbons (Fsp3) is 0.467. The normalized spacial score (nSPS) is 22.4. The van der Waals surface area contributed by atoms with E-state index in [9.17, 15) is 19.1 Å². The van der Waals surface area contributed by atoms with Crippen LogP contribution in [-0.4, -0.2) is 28.4 Å².